The lowest BCUT2D eigenvalue weighted by atomic mass is 10.2. The van der Waals surface area contributed by atoms with Crippen molar-refractivity contribution in [3.8, 4) is 0 Å². The summed E-state index contributed by atoms with van der Waals surface area (Å²) in [4.78, 5) is 6.22. The Balaban J connectivity index is 2.11. The zero-order valence-corrected chi connectivity index (χ0v) is 14.3. The van der Waals surface area contributed by atoms with Gasteiger partial charge in [-0.3, -0.25) is 4.99 Å². The highest BCUT2D eigenvalue weighted by Crippen LogP contribution is 2.23. The molecular formula is C19H25N4O-. The molecule has 3 N–H and O–H groups in total. The number of anilines is 1. The molecule has 0 unspecified atom stereocenters. The van der Waals surface area contributed by atoms with Gasteiger partial charge in [-0.05, 0) is 37.9 Å². The maximum absolute atomic E-state index is 12.7. The third-order valence-corrected chi connectivity index (χ3v) is 3.69. The molecule has 0 saturated carbocycles. The Morgan fingerprint density at radius 1 is 1.38 bits per heavy atom. The second kappa shape index (κ2) is 8.82. The van der Waals surface area contributed by atoms with E-state index in [1.54, 1.807) is 4.90 Å². The predicted octanol–water partition coefficient (Wildman–Crippen LogP) is 1.90. The fourth-order valence-corrected chi connectivity index (χ4v) is 2.51. The molecule has 0 bridgehead atoms. The molecule has 24 heavy (non-hydrogen) atoms. The Labute approximate surface area is 143 Å². The van der Waals surface area contributed by atoms with Crippen LogP contribution in [-0.2, 0) is 0 Å². The highest BCUT2D eigenvalue weighted by Gasteiger charge is 2.23. The summed E-state index contributed by atoms with van der Waals surface area (Å²) in [6.07, 6.45) is 6.38. The standard InChI is InChI=1S/C19H26N4O/c1-3-5-9-15(20)12-13-22-18-17(21-4-2)14-23(19(18)24)16-10-7-6-8-11-16/h3,5-11,22,24H,4,12-14,20H2,1-2H3/p-1/b5-3-,15-9-,21-17?. The summed E-state index contributed by atoms with van der Waals surface area (Å²) in [6.45, 7) is 5.67. The van der Waals surface area contributed by atoms with Gasteiger partial charge in [0.1, 0.15) is 0 Å². The lowest BCUT2D eigenvalue weighted by Gasteiger charge is -2.25. The van der Waals surface area contributed by atoms with Crippen molar-refractivity contribution in [3.05, 3.63) is 65.8 Å². The van der Waals surface area contributed by atoms with Crippen LogP contribution in [-0.4, -0.2) is 25.3 Å². The minimum atomic E-state index is -0.0376. The smallest absolute Gasteiger partial charge is 0.0785 e. The largest absolute Gasteiger partial charge is 0.859 e. The molecule has 0 aromatic heterocycles. The topological polar surface area (TPSA) is 76.7 Å². The third kappa shape index (κ3) is 4.41. The summed E-state index contributed by atoms with van der Waals surface area (Å²) in [5, 5.41) is 16.0. The lowest BCUT2D eigenvalue weighted by Crippen LogP contribution is -2.28. The van der Waals surface area contributed by atoms with E-state index in [9.17, 15) is 5.11 Å². The van der Waals surface area contributed by atoms with Crippen molar-refractivity contribution in [1.29, 1.82) is 0 Å². The van der Waals surface area contributed by atoms with Gasteiger partial charge in [0.2, 0.25) is 0 Å². The molecule has 0 amide bonds. The highest BCUT2D eigenvalue weighted by atomic mass is 16.3. The monoisotopic (exact) mass is 325 g/mol. The number of benzene rings is 1. The number of hydrogen-bond donors (Lipinski definition) is 2. The summed E-state index contributed by atoms with van der Waals surface area (Å²) in [5.74, 6) is -0.0376. The highest BCUT2D eigenvalue weighted by molar-refractivity contribution is 6.06. The van der Waals surface area contributed by atoms with E-state index in [1.165, 1.54) is 0 Å². The molecule has 1 aliphatic heterocycles. The van der Waals surface area contributed by atoms with E-state index in [0.717, 1.165) is 17.1 Å². The Morgan fingerprint density at radius 3 is 2.79 bits per heavy atom. The van der Waals surface area contributed by atoms with Gasteiger partial charge in [-0.25, -0.2) is 0 Å². The number of hydrogen-bond acceptors (Lipinski definition) is 5. The predicted molar refractivity (Wildman–Crippen MR) is 98.5 cm³/mol. The van der Waals surface area contributed by atoms with Crippen molar-refractivity contribution in [2.45, 2.75) is 20.3 Å². The SMILES string of the molecule is C/C=C\C=C(/N)CCNC1=C([O-])N(c2ccccc2)CC1=NCC. The fraction of sp³-hybridized carbons (Fsp3) is 0.316. The van der Waals surface area contributed by atoms with Crippen LogP contribution in [0.1, 0.15) is 20.3 Å². The number of nitrogens with two attached hydrogens (primary N) is 1. The van der Waals surface area contributed by atoms with Crippen LogP contribution in [0.5, 0.6) is 0 Å². The number of nitrogens with one attached hydrogen (secondary N) is 1. The molecule has 2 rings (SSSR count). The van der Waals surface area contributed by atoms with E-state index < -0.39 is 0 Å². The number of rotatable bonds is 7. The third-order valence-electron chi connectivity index (χ3n) is 3.69. The van der Waals surface area contributed by atoms with E-state index in [1.807, 2.05) is 62.4 Å². The van der Waals surface area contributed by atoms with E-state index in [4.69, 9.17) is 5.73 Å². The molecule has 128 valence electrons. The second-order valence-corrected chi connectivity index (χ2v) is 5.47. The fourth-order valence-electron chi connectivity index (χ4n) is 2.51. The summed E-state index contributed by atoms with van der Waals surface area (Å²) >= 11 is 0. The van der Waals surface area contributed by atoms with Gasteiger partial charge in [-0.2, -0.15) is 0 Å². The zero-order chi connectivity index (χ0) is 17.4. The Morgan fingerprint density at radius 2 is 2.12 bits per heavy atom. The molecule has 0 atom stereocenters. The second-order valence-electron chi connectivity index (χ2n) is 5.47. The van der Waals surface area contributed by atoms with Crippen LogP contribution in [0.2, 0.25) is 0 Å². The van der Waals surface area contributed by atoms with Gasteiger partial charge in [-0.1, -0.05) is 30.4 Å². The van der Waals surface area contributed by atoms with Gasteiger partial charge in [0, 0.05) is 30.9 Å². The van der Waals surface area contributed by atoms with E-state index >= 15 is 0 Å². The Kier molecular flexibility index (Phi) is 6.49. The van der Waals surface area contributed by atoms with Crippen LogP contribution < -0.4 is 21.1 Å². The molecule has 1 aromatic carbocycles. The maximum atomic E-state index is 12.7. The van der Waals surface area contributed by atoms with Gasteiger partial charge in [-0.15, -0.1) is 0 Å². The van der Waals surface area contributed by atoms with E-state index in [-0.39, 0.29) is 5.88 Å². The number of para-hydroxylation sites is 1. The normalized spacial score (nSPS) is 17.3. The quantitative estimate of drug-likeness (QED) is 0.751. The van der Waals surface area contributed by atoms with E-state index in [2.05, 4.69) is 10.3 Å². The van der Waals surface area contributed by atoms with Crippen LogP contribution in [0.4, 0.5) is 5.69 Å². The van der Waals surface area contributed by atoms with Crippen molar-refractivity contribution in [3.63, 3.8) is 0 Å². The van der Waals surface area contributed by atoms with Crippen molar-refractivity contribution < 1.29 is 5.11 Å². The molecule has 5 heteroatoms. The van der Waals surface area contributed by atoms with Gasteiger partial charge in [0.05, 0.1) is 18.0 Å². The van der Waals surface area contributed by atoms with Crippen LogP contribution in [0.15, 0.2) is 70.8 Å². The van der Waals surface area contributed by atoms with Crippen molar-refractivity contribution in [2.75, 3.05) is 24.5 Å². The molecule has 0 aliphatic carbocycles. The molecule has 1 heterocycles. The van der Waals surface area contributed by atoms with Gasteiger partial charge < -0.3 is 21.1 Å². The average molecular weight is 325 g/mol. The summed E-state index contributed by atoms with van der Waals surface area (Å²) in [5.41, 5.74) is 8.98. The zero-order valence-electron chi connectivity index (χ0n) is 14.3. The first-order valence-corrected chi connectivity index (χ1v) is 8.26. The summed E-state index contributed by atoms with van der Waals surface area (Å²) in [7, 11) is 0. The van der Waals surface area contributed by atoms with E-state index in [0.29, 0.717) is 31.8 Å². The van der Waals surface area contributed by atoms with Crippen LogP contribution in [0.3, 0.4) is 0 Å². The number of aliphatic imine (C=N–C) groups is 1. The molecule has 0 spiro atoms. The van der Waals surface area contributed by atoms with Gasteiger partial charge >= 0.3 is 0 Å². The number of nitrogens with zero attached hydrogens (tertiary/aromatic N) is 2. The van der Waals surface area contributed by atoms with Gasteiger partial charge in [0.15, 0.2) is 0 Å². The van der Waals surface area contributed by atoms with Crippen LogP contribution >= 0.6 is 0 Å². The summed E-state index contributed by atoms with van der Waals surface area (Å²) < 4.78 is 0. The maximum Gasteiger partial charge on any atom is 0.0785 e. The molecule has 0 radical (unpaired) electrons. The Hall–Kier alpha value is -2.69. The molecule has 0 fully saturated rings. The van der Waals surface area contributed by atoms with Crippen molar-refractivity contribution in [1.82, 2.24) is 5.32 Å². The van der Waals surface area contributed by atoms with Crippen molar-refractivity contribution in [2.24, 2.45) is 10.7 Å². The van der Waals surface area contributed by atoms with Crippen LogP contribution in [0.25, 0.3) is 0 Å². The van der Waals surface area contributed by atoms with Crippen molar-refractivity contribution >= 4 is 11.4 Å². The molecule has 1 aliphatic rings. The molecular weight excluding hydrogens is 300 g/mol. The lowest BCUT2D eigenvalue weighted by molar-refractivity contribution is -0.305. The first-order valence-electron chi connectivity index (χ1n) is 8.26. The first-order chi connectivity index (χ1) is 11.7. The molecule has 0 saturated heterocycles. The summed E-state index contributed by atoms with van der Waals surface area (Å²) in [6, 6.07) is 9.66. The van der Waals surface area contributed by atoms with Gasteiger partial charge in [0.25, 0.3) is 0 Å². The average Bonchev–Trinajstić information content (AvgIpc) is 2.90. The minimum absolute atomic E-state index is 0.0376. The van der Waals surface area contributed by atoms with Crippen LogP contribution in [0, 0.1) is 0 Å². The Bertz CT molecular complexity index is 659. The molecule has 1 aromatic rings. The minimum Gasteiger partial charge on any atom is -0.859 e. The number of allylic oxidation sites excluding steroid dienone is 3. The first kappa shape index (κ1) is 17.7. The molecule has 5 nitrogen and oxygen atoms in total.